The summed E-state index contributed by atoms with van der Waals surface area (Å²) in [6, 6.07) is 3.90. The molecule has 4 atom stereocenters. The molecule has 1 amide bonds. The fourth-order valence-electron chi connectivity index (χ4n) is 7.95. The number of hydrogen-bond acceptors (Lipinski definition) is 8. The summed E-state index contributed by atoms with van der Waals surface area (Å²) in [5.41, 5.74) is 2.63. The van der Waals surface area contributed by atoms with Crippen molar-refractivity contribution < 1.29 is 28.4 Å². The van der Waals surface area contributed by atoms with Crippen molar-refractivity contribution in [1.29, 1.82) is 0 Å². The first-order chi connectivity index (χ1) is 21.2. The molecular weight excluding hydrogens is 571 g/mol. The molecule has 0 unspecified atom stereocenters. The molecule has 2 aromatic rings. The van der Waals surface area contributed by atoms with Crippen LogP contribution in [0, 0.1) is 24.2 Å². The minimum absolute atomic E-state index is 0.0347. The average molecular weight is 621 g/mol. The Hall–Kier alpha value is -2.92. The predicted octanol–water partition coefficient (Wildman–Crippen LogP) is 5.05. The second-order valence-corrected chi connectivity index (χ2v) is 15.4. The number of carbonyl (C=O) groups excluding carboxylic acids is 2. The van der Waals surface area contributed by atoms with Crippen LogP contribution in [-0.4, -0.2) is 75.4 Å². The molecular formula is C34H49BN4O6. The Labute approximate surface area is 267 Å². The zero-order chi connectivity index (χ0) is 32.3. The van der Waals surface area contributed by atoms with Gasteiger partial charge in [-0.05, 0) is 101 Å². The van der Waals surface area contributed by atoms with Crippen LogP contribution in [0.1, 0.15) is 94.9 Å². The first-order valence-electron chi connectivity index (χ1n) is 16.7. The van der Waals surface area contributed by atoms with Gasteiger partial charge in [0.2, 0.25) is 5.91 Å². The van der Waals surface area contributed by atoms with Crippen molar-refractivity contribution in [1.82, 2.24) is 19.9 Å². The van der Waals surface area contributed by atoms with Crippen LogP contribution in [-0.2, 0) is 38.2 Å². The molecule has 0 radical (unpaired) electrons. The van der Waals surface area contributed by atoms with E-state index in [1.165, 1.54) is 6.42 Å². The fourth-order valence-corrected chi connectivity index (χ4v) is 7.95. The third kappa shape index (κ3) is 6.14. The van der Waals surface area contributed by atoms with Crippen molar-refractivity contribution in [2.75, 3.05) is 13.1 Å². The number of likely N-dealkylation sites (tertiary alicyclic amines) is 1. The lowest BCUT2D eigenvalue weighted by molar-refractivity contribution is -0.199. The van der Waals surface area contributed by atoms with Crippen LogP contribution < -0.4 is 4.74 Å². The summed E-state index contributed by atoms with van der Waals surface area (Å²) < 4.78 is 26.8. The average Bonchev–Trinajstić information content (AvgIpc) is 3.51. The number of hydrogen-bond donors (Lipinski definition) is 0. The quantitative estimate of drug-likeness (QED) is 0.268. The lowest BCUT2D eigenvalue weighted by Crippen LogP contribution is -2.65. The summed E-state index contributed by atoms with van der Waals surface area (Å²) in [5, 5.41) is 8.20. The Balaban J connectivity index is 1.10. The van der Waals surface area contributed by atoms with E-state index in [-0.39, 0.29) is 37.4 Å². The molecule has 1 aromatic heterocycles. The minimum Gasteiger partial charge on any atom is -0.486 e. The van der Waals surface area contributed by atoms with Gasteiger partial charge in [-0.3, -0.25) is 4.79 Å². The van der Waals surface area contributed by atoms with Gasteiger partial charge in [-0.25, -0.2) is 9.48 Å². The second kappa shape index (κ2) is 11.7. The Morgan fingerprint density at radius 3 is 2.58 bits per heavy atom. The smallest absolute Gasteiger partial charge is 0.457 e. The maximum atomic E-state index is 13.5. The van der Waals surface area contributed by atoms with Gasteiger partial charge in [0.1, 0.15) is 29.6 Å². The van der Waals surface area contributed by atoms with Gasteiger partial charge in [0.05, 0.1) is 30.5 Å². The molecule has 1 aromatic carbocycles. The van der Waals surface area contributed by atoms with Gasteiger partial charge in [-0.2, -0.15) is 0 Å². The third-order valence-corrected chi connectivity index (χ3v) is 10.7. The number of benzene rings is 1. The number of esters is 1. The number of ether oxygens (including phenoxy) is 2. The van der Waals surface area contributed by atoms with Crippen LogP contribution in [0.4, 0.5) is 0 Å². The molecule has 2 bridgehead atoms. The molecule has 2 aliphatic heterocycles. The molecule has 3 saturated carbocycles. The Morgan fingerprint density at radius 1 is 1.13 bits per heavy atom. The molecule has 45 heavy (non-hydrogen) atoms. The van der Waals surface area contributed by atoms with E-state index in [9.17, 15) is 9.59 Å². The van der Waals surface area contributed by atoms with E-state index in [1.54, 1.807) is 9.58 Å². The molecule has 2 saturated heterocycles. The molecule has 10 nitrogen and oxygen atoms in total. The van der Waals surface area contributed by atoms with Crippen LogP contribution in [0.2, 0.25) is 6.32 Å². The highest BCUT2D eigenvalue weighted by Gasteiger charge is 2.67. The summed E-state index contributed by atoms with van der Waals surface area (Å²) in [4.78, 5) is 28.1. The summed E-state index contributed by atoms with van der Waals surface area (Å²) in [5.74, 6) is 1.27. The van der Waals surface area contributed by atoms with Gasteiger partial charge < -0.3 is 23.7 Å². The monoisotopic (exact) mass is 620 g/mol. The highest BCUT2D eigenvalue weighted by Crippen LogP contribution is 2.65. The van der Waals surface area contributed by atoms with Crippen molar-refractivity contribution >= 4 is 19.0 Å². The number of rotatable bonds is 10. The summed E-state index contributed by atoms with van der Waals surface area (Å²) in [7, 11) is -0.260. The number of carbonyl (C=O) groups is 2. The fraction of sp³-hybridized carbons (Fsp3) is 0.706. The molecule has 0 N–H and O–H groups in total. The normalized spacial score (nSPS) is 27.1. The second-order valence-electron chi connectivity index (χ2n) is 15.4. The van der Waals surface area contributed by atoms with Gasteiger partial charge in [0.15, 0.2) is 0 Å². The van der Waals surface area contributed by atoms with Gasteiger partial charge in [0.25, 0.3) is 0 Å². The van der Waals surface area contributed by atoms with Crippen LogP contribution in [0.25, 0.3) is 0 Å². The summed E-state index contributed by atoms with van der Waals surface area (Å²) in [6.45, 7) is 17.6. The van der Waals surface area contributed by atoms with Gasteiger partial charge >= 0.3 is 13.1 Å². The molecule has 3 aliphatic carbocycles. The lowest BCUT2D eigenvalue weighted by Gasteiger charge is -2.64. The molecule has 3 heterocycles. The predicted molar refractivity (Wildman–Crippen MR) is 170 cm³/mol. The maximum Gasteiger partial charge on any atom is 0.457 e. The molecule has 5 aliphatic rings. The molecule has 0 spiro atoms. The maximum absolute atomic E-state index is 13.5. The highest BCUT2D eigenvalue weighted by atomic mass is 16.7. The Bertz CT molecular complexity index is 1450. The Morgan fingerprint density at radius 2 is 1.89 bits per heavy atom. The van der Waals surface area contributed by atoms with Crippen LogP contribution in [0.15, 0.2) is 18.3 Å². The van der Waals surface area contributed by atoms with E-state index in [4.69, 9.17) is 18.8 Å². The van der Waals surface area contributed by atoms with Crippen molar-refractivity contribution in [3.05, 3.63) is 40.7 Å². The number of aryl methyl sites for hydroxylation is 2. The van der Waals surface area contributed by atoms with E-state index in [0.717, 1.165) is 36.1 Å². The van der Waals surface area contributed by atoms with Crippen molar-refractivity contribution in [2.45, 2.75) is 124 Å². The molecule has 5 fully saturated rings. The van der Waals surface area contributed by atoms with Crippen molar-refractivity contribution in [3.8, 4) is 5.75 Å². The molecule has 7 rings (SSSR count). The summed E-state index contributed by atoms with van der Waals surface area (Å²) in [6.07, 6.45) is 7.29. The zero-order valence-corrected chi connectivity index (χ0v) is 28.2. The number of aromatic nitrogens is 3. The van der Waals surface area contributed by atoms with E-state index >= 15 is 0 Å². The van der Waals surface area contributed by atoms with E-state index in [0.29, 0.717) is 54.4 Å². The minimum atomic E-state index is -0.652. The zero-order valence-electron chi connectivity index (χ0n) is 28.2. The van der Waals surface area contributed by atoms with E-state index < -0.39 is 11.6 Å². The van der Waals surface area contributed by atoms with E-state index in [1.807, 2.05) is 46.0 Å². The first-order valence-corrected chi connectivity index (χ1v) is 16.7. The number of amides is 1. The van der Waals surface area contributed by atoms with Crippen LogP contribution in [0.5, 0.6) is 5.75 Å². The van der Waals surface area contributed by atoms with Crippen LogP contribution in [0.3, 0.4) is 0 Å². The van der Waals surface area contributed by atoms with Gasteiger partial charge in [-0.1, -0.05) is 38.5 Å². The Kier molecular flexibility index (Phi) is 8.34. The van der Waals surface area contributed by atoms with Gasteiger partial charge in [-0.15, -0.1) is 5.10 Å². The highest BCUT2D eigenvalue weighted by molar-refractivity contribution is 6.45. The lowest BCUT2D eigenvalue weighted by atomic mass is 9.43. The van der Waals surface area contributed by atoms with E-state index in [2.05, 4.69) is 38.0 Å². The van der Waals surface area contributed by atoms with Crippen molar-refractivity contribution in [2.24, 2.45) is 17.3 Å². The largest absolute Gasteiger partial charge is 0.486 e. The molecule has 244 valence electrons. The van der Waals surface area contributed by atoms with Gasteiger partial charge in [0, 0.05) is 6.20 Å². The summed E-state index contributed by atoms with van der Waals surface area (Å²) >= 11 is 0. The molecule has 11 heteroatoms. The number of nitrogens with zero attached hydrogens (tertiary/aromatic N) is 4. The standard InChI is InChI=1S/C34H49BN4O6/c1-9-10-24-17-39(37-36-24)20-29(40)38-18-25(19-38)42-26-12-11-22(21(2)30(26)31(41)43-32(3,4)5)13-14-35-44-28-16-23-15-27(33(23,6)7)34(28,8)45-35/h11-12,17,23,25,27-28H,9-10,13-16,18-20H2,1-8H3/t23-,27-,28+,34-/m0/s1. The SMILES string of the molecule is CCCc1cn(CC(=O)N2CC(Oc3ccc(CCB4O[C@@H]5C[C@@H]6C[C@@H](C6(C)C)[C@]5(C)O4)c(C)c3C(=O)OC(C)(C)C)C2)nn1. The first kappa shape index (κ1) is 32.0. The topological polar surface area (TPSA) is 105 Å². The third-order valence-electron chi connectivity index (χ3n) is 10.7. The van der Waals surface area contributed by atoms with Crippen LogP contribution >= 0.6 is 0 Å². The van der Waals surface area contributed by atoms with Crippen molar-refractivity contribution in [3.63, 3.8) is 0 Å².